The molecule has 0 amide bonds. The van der Waals surface area contributed by atoms with Gasteiger partial charge in [-0.2, -0.15) is 0 Å². The van der Waals surface area contributed by atoms with Crippen LogP contribution in [0, 0.1) is 0 Å². The smallest absolute Gasteiger partial charge is 0.339 e. The number of carbonyl (C=O) groups is 2. The minimum atomic E-state index is -1.08. The number of carboxylic acid groups (broad SMARTS) is 1. The minimum Gasteiger partial charge on any atom is -0.486 e. The number of ether oxygens (including phenoxy) is 1. The largest absolute Gasteiger partial charge is 0.486 e. The zero-order valence-electron chi connectivity index (χ0n) is 16.9. The van der Waals surface area contributed by atoms with Gasteiger partial charge in [-0.25, -0.2) is 4.79 Å². The van der Waals surface area contributed by atoms with Crippen molar-refractivity contribution in [3.63, 3.8) is 0 Å². The number of hydrogen-bond acceptors (Lipinski definition) is 6. The number of aromatic amines is 1. The van der Waals surface area contributed by atoms with Crippen LogP contribution in [0.2, 0.25) is 5.02 Å². The fourth-order valence-electron chi connectivity index (χ4n) is 2.94. The molecule has 0 aliphatic carbocycles. The summed E-state index contributed by atoms with van der Waals surface area (Å²) in [6.07, 6.45) is 4.38. The Hall–Kier alpha value is -3.88. The first-order valence-corrected chi connectivity index (χ1v) is 10.8. The molecule has 166 valence electrons. The lowest BCUT2D eigenvalue weighted by Crippen LogP contribution is -2.20. The second-order valence-corrected chi connectivity index (χ2v) is 8.39. The van der Waals surface area contributed by atoms with Gasteiger partial charge in [0.15, 0.2) is 11.5 Å². The monoisotopic (exact) mass is 481 g/mol. The third-order valence-corrected chi connectivity index (χ3v) is 5.81. The predicted octanol–water partition coefficient (Wildman–Crippen LogP) is 3.45. The quantitative estimate of drug-likeness (QED) is 0.391. The Morgan fingerprint density at radius 1 is 1.09 bits per heavy atom. The molecule has 0 saturated heterocycles. The zero-order valence-corrected chi connectivity index (χ0v) is 18.5. The third kappa shape index (κ3) is 5.49. The number of thiazole rings is 1. The van der Waals surface area contributed by atoms with Crippen molar-refractivity contribution >= 4 is 46.8 Å². The van der Waals surface area contributed by atoms with Crippen LogP contribution in [-0.2, 0) is 6.61 Å². The SMILES string of the molecule is O=C(/C=c1/[nH]c(=O)/c(=C\c2ccc(OCc3occc3C(=O)O)cc2)s1)c1ccc(Cl)cc1. The molecule has 4 rings (SSSR count). The van der Waals surface area contributed by atoms with E-state index in [1.54, 1.807) is 54.6 Å². The molecule has 0 aliphatic heterocycles. The van der Waals surface area contributed by atoms with Crippen molar-refractivity contribution in [2.45, 2.75) is 6.61 Å². The number of nitrogens with one attached hydrogen (secondary N) is 1. The zero-order chi connectivity index (χ0) is 23.4. The van der Waals surface area contributed by atoms with Gasteiger partial charge in [0.05, 0.1) is 15.5 Å². The normalized spacial score (nSPS) is 12.2. The Balaban J connectivity index is 1.49. The Labute approximate surface area is 195 Å². The van der Waals surface area contributed by atoms with Crippen LogP contribution in [0.3, 0.4) is 0 Å². The van der Waals surface area contributed by atoms with E-state index in [1.165, 1.54) is 29.7 Å². The summed E-state index contributed by atoms with van der Waals surface area (Å²) in [4.78, 5) is 38.5. The minimum absolute atomic E-state index is 0.0247. The van der Waals surface area contributed by atoms with Crippen LogP contribution in [0.25, 0.3) is 12.2 Å². The number of aromatic nitrogens is 1. The molecular weight excluding hydrogens is 466 g/mol. The number of furan rings is 1. The fraction of sp³-hybridized carbons (Fsp3) is 0.0417. The van der Waals surface area contributed by atoms with Gasteiger partial charge in [0, 0.05) is 16.7 Å². The summed E-state index contributed by atoms with van der Waals surface area (Å²) in [6, 6.07) is 14.8. The number of halogens is 1. The van der Waals surface area contributed by atoms with Crippen LogP contribution in [0.15, 0.2) is 70.1 Å². The van der Waals surface area contributed by atoms with Crippen LogP contribution < -0.4 is 19.5 Å². The van der Waals surface area contributed by atoms with Gasteiger partial charge in [-0.1, -0.05) is 23.7 Å². The van der Waals surface area contributed by atoms with E-state index in [4.69, 9.17) is 25.9 Å². The van der Waals surface area contributed by atoms with Gasteiger partial charge in [-0.15, -0.1) is 11.3 Å². The molecule has 4 aromatic rings. The number of carboxylic acids is 1. The Kier molecular flexibility index (Phi) is 6.58. The fourth-order valence-corrected chi connectivity index (χ4v) is 3.96. The Morgan fingerprint density at radius 2 is 1.82 bits per heavy atom. The van der Waals surface area contributed by atoms with E-state index in [9.17, 15) is 14.4 Å². The summed E-state index contributed by atoms with van der Waals surface area (Å²) in [5, 5.41) is 9.63. The summed E-state index contributed by atoms with van der Waals surface area (Å²) in [6.45, 7) is -0.0247. The molecule has 9 heteroatoms. The second-order valence-electron chi connectivity index (χ2n) is 6.86. The van der Waals surface area contributed by atoms with Crippen molar-refractivity contribution in [3.05, 3.63) is 108 Å². The Morgan fingerprint density at radius 3 is 2.52 bits per heavy atom. The van der Waals surface area contributed by atoms with Crippen LogP contribution >= 0.6 is 22.9 Å². The van der Waals surface area contributed by atoms with Crippen LogP contribution in [0.4, 0.5) is 0 Å². The van der Waals surface area contributed by atoms with E-state index >= 15 is 0 Å². The number of benzene rings is 2. The first-order valence-electron chi connectivity index (χ1n) is 9.64. The van der Waals surface area contributed by atoms with Gasteiger partial charge in [0.2, 0.25) is 0 Å². The molecule has 0 saturated carbocycles. The molecule has 2 aromatic heterocycles. The lowest BCUT2D eigenvalue weighted by Gasteiger charge is -2.05. The van der Waals surface area contributed by atoms with Gasteiger partial charge < -0.3 is 19.2 Å². The summed E-state index contributed by atoms with van der Waals surface area (Å²) >= 11 is 7.01. The van der Waals surface area contributed by atoms with Crippen molar-refractivity contribution < 1.29 is 23.8 Å². The molecule has 2 aromatic carbocycles. The highest BCUT2D eigenvalue weighted by molar-refractivity contribution is 7.07. The topological polar surface area (TPSA) is 110 Å². The van der Waals surface area contributed by atoms with Crippen LogP contribution in [-0.4, -0.2) is 21.8 Å². The lowest BCUT2D eigenvalue weighted by atomic mass is 10.1. The summed E-state index contributed by atoms with van der Waals surface area (Å²) in [7, 11) is 0. The first-order chi connectivity index (χ1) is 15.9. The average molecular weight is 482 g/mol. The lowest BCUT2D eigenvalue weighted by molar-refractivity contribution is 0.0691. The summed E-state index contributed by atoms with van der Waals surface area (Å²) in [5.41, 5.74) is 0.989. The highest BCUT2D eigenvalue weighted by atomic mass is 35.5. The predicted molar refractivity (Wildman–Crippen MR) is 124 cm³/mol. The maximum Gasteiger partial charge on any atom is 0.339 e. The molecule has 7 nitrogen and oxygen atoms in total. The Bertz CT molecular complexity index is 1480. The van der Waals surface area contributed by atoms with Crippen molar-refractivity contribution in [1.29, 1.82) is 0 Å². The van der Waals surface area contributed by atoms with E-state index in [1.807, 2.05) is 0 Å². The first kappa shape index (κ1) is 22.3. The second kappa shape index (κ2) is 9.72. The molecule has 0 radical (unpaired) electrons. The number of H-pyrrole nitrogens is 1. The highest BCUT2D eigenvalue weighted by Gasteiger charge is 2.13. The van der Waals surface area contributed by atoms with Crippen molar-refractivity contribution in [2.75, 3.05) is 0 Å². The molecule has 0 spiro atoms. The van der Waals surface area contributed by atoms with Crippen molar-refractivity contribution in [2.24, 2.45) is 0 Å². The molecule has 2 heterocycles. The molecule has 0 unspecified atom stereocenters. The maximum absolute atomic E-state index is 12.4. The summed E-state index contributed by atoms with van der Waals surface area (Å²) in [5.74, 6) is -0.581. The summed E-state index contributed by atoms with van der Waals surface area (Å²) < 4.78 is 11.6. The van der Waals surface area contributed by atoms with Crippen LogP contribution in [0.5, 0.6) is 5.75 Å². The van der Waals surface area contributed by atoms with Crippen molar-refractivity contribution in [3.8, 4) is 5.75 Å². The molecule has 0 bridgehead atoms. The number of rotatable bonds is 7. The number of Topliss-reactive ketones (excluding diaryl/α,β-unsaturated/α-hetero) is 1. The maximum atomic E-state index is 12.4. The van der Waals surface area contributed by atoms with E-state index in [-0.39, 0.29) is 29.3 Å². The number of hydrogen-bond donors (Lipinski definition) is 2. The molecule has 33 heavy (non-hydrogen) atoms. The number of carbonyl (C=O) groups excluding carboxylic acids is 1. The molecular formula is C24H16ClNO6S. The standard InChI is InChI=1S/C24H16ClNO6S/c25-16-5-3-15(4-6-16)19(27)12-22-26-23(28)21(33-22)11-14-1-7-17(8-2-14)32-13-20-18(24(29)30)9-10-31-20/h1-12H,13H2,(H,26,28)(H,29,30)/b21-11+,22-12-. The van der Waals surface area contributed by atoms with E-state index in [0.29, 0.717) is 25.5 Å². The van der Waals surface area contributed by atoms with E-state index in [2.05, 4.69) is 4.98 Å². The number of aromatic carboxylic acids is 1. The van der Waals surface area contributed by atoms with Gasteiger partial charge in [0.25, 0.3) is 5.56 Å². The highest BCUT2D eigenvalue weighted by Crippen LogP contribution is 2.17. The molecule has 2 N–H and O–H groups in total. The van der Waals surface area contributed by atoms with Gasteiger partial charge >= 0.3 is 5.97 Å². The van der Waals surface area contributed by atoms with Gasteiger partial charge in [0.1, 0.15) is 17.9 Å². The van der Waals surface area contributed by atoms with Gasteiger partial charge in [-0.05, 0) is 54.1 Å². The number of ketones is 1. The molecule has 0 atom stereocenters. The van der Waals surface area contributed by atoms with Crippen LogP contribution in [0.1, 0.15) is 32.0 Å². The molecule has 0 fully saturated rings. The van der Waals surface area contributed by atoms with Gasteiger partial charge in [-0.3, -0.25) is 9.59 Å². The van der Waals surface area contributed by atoms with E-state index < -0.39 is 5.97 Å². The average Bonchev–Trinajstić information content (AvgIpc) is 3.40. The molecule has 0 aliphatic rings. The van der Waals surface area contributed by atoms with E-state index in [0.717, 1.165) is 5.56 Å². The van der Waals surface area contributed by atoms with Crippen molar-refractivity contribution in [1.82, 2.24) is 4.98 Å². The third-order valence-electron chi connectivity index (χ3n) is 4.59.